The normalized spacial score (nSPS) is 24.8. The third-order valence-electron chi connectivity index (χ3n) is 3.75. The highest BCUT2D eigenvalue weighted by Gasteiger charge is 2.47. The Hall–Kier alpha value is -2.22. The van der Waals surface area contributed by atoms with Crippen molar-refractivity contribution in [2.24, 2.45) is 5.41 Å². The smallest absolute Gasteiger partial charge is 0.313 e. The van der Waals surface area contributed by atoms with Crippen LogP contribution in [0.15, 0.2) is 12.1 Å². The Morgan fingerprint density at radius 1 is 1.62 bits per heavy atom. The first kappa shape index (κ1) is 15.2. The van der Waals surface area contributed by atoms with E-state index in [1.165, 1.54) is 19.9 Å². The summed E-state index contributed by atoms with van der Waals surface area (Å²) in [5.41, 5.74) is -1.31. The number of nitrogens with zero attached hydrogens (tertiary/aromatic N) is 1. The summed E-state index contributed by atoms with van der Waals surface area (Å²) in [4.78, 5) is 21.6. The third kappa shape index (κ3) is 2.66. The van der Waals surface area contributed by atoms with E-state index in [0.29, 0.717) is 0 Å². The van der Waals surface area contributed by atoms with Crippen LogP contribution in [0.4, 0.5) is 15.8 Å². The lowest BCUT2D eigenvalue weighted by molar-refractivity contribution is -0.384. The van der Waals surface area contributed by atoms with Crippen LogP contribution in [0, 0.1) is 28.3 Å². The van der Waals surface area contributed by atoms with Crippen LogP contribution in [0.25, 0.3) is 0 Å². The first-order valence-corrected chi connectivity index (χ1v) is 6.28. The number of carbonyl (C=O) groups is 1. The fraction of sp³-hybridized carbons (Fsp3) is 0.462. The molecule has 114 valence electrons. The van der Waals surface area contributed by atoms with Gasteiger partial charge in [-0.3, -0.25) is 14.9 Å². The van der Waals surface area contributed by atoms with Crippen LogP contribution in [-0.2, 0) is 9.53 Å². The molecule has 2 rings (SSSR count). The van der Waals surface area contributed by atoms with Crippen LogP contribution < -0.4 is 5.32 Å². The van der Waals surface area contributed by atoms with Gasteiger partial charge in [-0.15, -0.1) is 0 Å². The van der Waals surface area contributed by atoms with Crippen molar-refractivity contribution in [3.8, 4) is 0 Å². The number of benzene rings is 1. The van der Waals surface area contributed by atoms with Crippen LogP contribution >= 0.6 is 0 Å². The predicted molar refractivity (Wildman–Crippen MR) is 71.8 cm³/mol. The second-order valence-electron chi connectivity index (χ2n) is 5.31. The van der Waals surface area contributed by atoms with Gasteiger partial charge in [0.15, 0.2) is 0 Å². The van der Waals surface area contributed by atoms with E-state index >= 15 is 0 Å². The van der Waals surface area contributed by atoms with E-state index in [0.717, 1.165) is 6.07 Å². The first-order valence-electron chi connectivity index (χ1n) is 6.28. The van der Waals surface area contributed by atoms with Gasteiger partial charge in [-0.1, -0.05) is 0 Å². The highest BCUT2D eigenvalue weighted by Crippen LogP contribution is 2.35. The molecular weight excluding hydrogens is 283 g/mol. The summed E-state index contributed by atoms with van der Waals surface area (Å²) in [6.45, 7) is 3.10. The number of carboxylic acid groups (broad SMARTS) is 1. The van der Waals surface area contributed by atoms with E-state index in [4.69, 9.17) is 4.74 Å². The van der Waals surface area contributed by atoms with Crippen LogP contribution in [-0.4, -0.2) is 35.3 Å². The highest BCUT2D eigenvalue weighted by molar-refractivity contribution is 5.77. The number of rotatable bonds is 4. The maximum Gasteiger partial charge on any atom is 0.313 e. The Kier molecular flexibility index (Phi) is 3.82. The molecule has 0 saturated carbocycles. The van der Waals surface area contributed by atoms with Gasteiger partial charge in [0.2, 0.25) is 0 Å². The number of hydrogen-bond donors (Lipinski definition) is 2. The molecule has 2 N–H and O–H groups in total. The Labute approximate surface area is 119 Å². The molecule has 1 saturated heterocycles. The van der Waals surface area contributed by atoms with E-state index in [2.05, 4.69) is 5.32 Å². The van der Waals surface area contributed by atoms with E-state index in [1.54, 1.807) is 0 Å². The van der Waals surface area contributed by atoms with Crippen molar-refractivity contribution < 1.29 is 24.0 Å². The average Bonchev–Trinajstić information content (AvgIpc) is 2.76. The third-order valence-corrected chi connectivity index (χ3v) is 3.75. The fourth-order valence-corrected chi connectivity index (χ4v) is 2.21. The molecule has 0 aromatic heterocycles. The number of halogens is 1. The van der Waals surface area contributed by atoms with Crippen LogP contribution in [0.2, 0.25) is 0 Å². The van der Waals surface area contributed by atoms with Crippen molar-refractivity contribution in [2.45, 2.75) is 19.9 Å². The van der Waals surface area contributed by atoms with E-state index in [-0.39, 0.29) is 24.5 Å². The molecule has 0 bridgehead atoms. The quantitative estimate of drug-likeness (QED) is 0.650. The number of nitro groups is 1. The number of nitrogens with one attached hydrogen (secondary N) is 1. The van der Waals surface area contributed by atoms with Gasteiger partial charge in [-0.05, 0) is 25.5 Å². The SMILES string of the molecule is Cc1cc(NC2COCC2(C)C(=O)O)c([N+](=O)[O-])cc1F. The lowest BCUT2D eigenvalue weighted by Gasteiger charge is -2.26. The van der Waals surface area contributed by atoms with Crippen molar-refractivity contribution in [3.63, 3.8) is 0 Å². The highest BCUT2D eigenvalue weighted by atomic mass is 19.1. The second-order valence-corrected chi connectivity index (χ2v) is 5.31. The predicted octanol–water partition coefficient (Wildman–Crippen LogP) is 1.94. The number of hydrogen-bond acceptors (Lipinski definition) is 5. The van der Waals surface area contributed by atoms with Crippen LogP contribution in [0.5, 0.6) is 0 Å². The molecular formula is C13H15FN2O5. The minimum Gasteiger partial charge on any atom is -0.481 e. The van der Waals surface area contributed by atoms with Crippen LogP contribution in [0.1, 0.15) is 12.5 Å². The molecule has 1 aromatic carbocycles. The molecule has 0 radical (unpaired) electrons. The van der Waals surface area contributed by atoms with Gasteiger partial charge >= 0.3 is 5.97 Å². The van der Waals surface area contributed by atoms with Gasteiger partial charge in [-0.2, -0.15) is 0 Å². The Morgan fingerprint density at radius 3 is 2.86 bits per heavy atom. The molecule has 1 heterocycles. The minimum atomic E-state index is -1.20. The van der Waals surface area contributed by atoms with E-state index in [9.17, 15) is 24.4 Å². The summed E-state index contributed by atoms with van der Waals surface area (Å²) >= 11 is 0. The zero-order valence-electron chi connectivity index (χ0n) is 11.6. The molecule has 7 nitrogen and oxygen atoms in total. The lowest BCUT2D eigenvalue weighted by atomic mass is 9.85. The number of aryl methyl sites for hydroxylation is 1. The largest absolute Gasteiger partial charge is 0.481 e. The number of nitro benzene ring substituents is 1. The van der Waals surface area contributed by atoms with Gasteiger partial charge in [0.1, 0.15) is 16.9 Å². The van der Waals surface area contributed by atoms with Crippen molar-refractivity contribution in [3.05, 3.63) is 33.6 Å². The monoisotopic (exact) mass is 298 g/mol. The summed E-state index contributed by atoms with van der Waals surface area (Å²) in [6.07, 6.45) is 0. The maximum absolute atomic E-state index is 13.5. The Balaban J connectivity index is 2.37. The molecule has 2 atom stereocenters. The molecule has 1 aliphatic heterocycles. The van der Waals surface area contributed by atoms with E-state index < -0.39 is 33.9 Å². The Morgan fingerprint density at radius 2 is 2.29 bits per heavy atom. The molecule has 0 amide bonds. The summed E-state index contributed by atoms with van der Waals surface area (Å²) < 4.78 is 18.6. The topological polar surface area (TPSA) is 102 Å². The second kappa shape index (κ2) is 5.28. The number of ether oxygens (including phenoxy) is 1. The van der Waals surface area contributed by atoms with Crippen molar-refractivity contribution in [1.29, 1.82) is 0 Å². The molecule has 1 aromatic rings. The zero-order chi connectivity index (χ0) is 15.8. The van der Waals surface area contributed by atoms with Crippen molar-refractivity contribution in [2.75, 3.05) is 18.5 Å². The molecule has 0 spiro atoms. The van der Waals surface area contributed by atoms with Gasteiger partial charge in [0.25, 0.3) is 5.69 Å². The standard InChI is InChI=1S/C13H15FN2O5/c1-7-3-9(10(16(19)20)4-8(7)14)15-11-5-21-6-13(11,2)12(17)18/h3-4,11,15H,5-6H2,1-2H3,(H,17,18). The summed E-state index contributed by atoms with van der Waals surface area (Å²) in [7, 11) is 0. The van der Waals surface area contributed by atoms with Gasteiger partial charge < -0.3 is 15.2 Å². The molecule has 1 aliphatic rings. The zero-order valence-corrected chi connectivity index (χ0v) is 11.6. The van der Waals surface area contributed by atoms with Crippen molar-refractivity contribution >= 4 is 17.3 Å². The van der Waals surface area contributed by atoms with Gasteiger partial charge in [-0.25, -0.2) is 4.39 Å². The molecule has 21 heavy (non-hydrogen) atoms. The minimum absolute atomic E-state index is 0.00791. The summed E-state index contributed by atoms with van der Waals surface area (Å²) in [6, 6.07) is 1.48. The van der Waals surface area contributed by atoms with Gasteiger partial charge in [0, 0.05) is 0 Å². The molecule has 8 heteroatoms. The number of anilines is 1. The van der Waals surface area contributed by atoms with Crippen LogP contribution in [0.3, 0.4) is 0 Å². The molecule has 2 unspecified atom stereocenters. The maximum atomic E-state index is 13.5. The van der Waals surface area contributed by atoms with Crippen molar-refractivity contribution in [1.82, 2.24) is 0 Å². The van der Waals surface area contributed by atoms with Gasteiger partial charge in [0.05, 0.1) is 30.2 Å². The lowest BCUT2D eigenvalue weighted by Crippen LogP contribution is -2.43. The van der Waals surface area contributed by atoms with E-state index in [1.807, 2.05) is 0 Å². The summed E-state index contributed by atoms with van der Waals surface area (Å²) in [5, 5.41) is 23.1. The summed E-state index contributed by atoms with van der Waals surface area (Å²) in [5.74, 6) is -1.74. The molecule has 1 fully saturated rings. The number of aliphatic carboxylic acids is 1. The average molecular weight is 298 g/mol. The molecule has 0 aliphatic carbocycles. The fourth-order valence-electron chi connectivity index (χ4n) is 2.21. The Bertz CT molecular complexity index is 606. The first-order chi connectivity index (χ1) is 9.75. The number of carboxylic acids is 1.